The van der Waals surface area contributed by atoms with Crippen molar-refractivity contribution < 1.29 is 4.79 Å². The molecule has 18 heavy (non-hydrogen) atoms. The summed E-state index contributed by atoms with van der Waals surface area (Å²) in [5.74, 6) is 0. The van der Waals surface area contributed by atoms with Gasteiger partial charge in [-0.05, 0) is 57.3 Å². The molecule has 0 aliphatic rings. The molecule has 2 aromatic heterocycles. The van der Waals surface area contributed by atoms with Gasteiger partial charge in [-0.25, -0.2) is 4.79 Å². The number of carbonyl (C=O) groups is 1. The Bertz CT molecular complexity index is 527. The lowest BCUT2D eigenvalue weighted by Crippen LogP contribution is -2.19. The van der Waals surface area contributed by atoms with Crippen molar-refractivity contribution in [1.29, 1.82) is 0 Å². The largest absolute Gasteiger partial charge is 0.323 e. The molecule has 2 heterocycles. The summed E-state index contributed by atoms with van der Waals surface area (Å²) in [4.78, 5) is 19.7. The fraction of sp³-hybridized carbons (Fsp3) is 0. The zero-order chi connectivity index (χ0) is 13.0. The van der Waals surface area contributed by atoms with Crippen molar-refractivity contribution in [2.45, 2.75) is 0 Å². The fourth-order valence-corrected chi connectivity index (χ4v) is 2.25. The average Bonchev–Trinajstić information content (AvgIpc) is 2.28. The Balaban J connectivity index is 2.01. The van der Waals surface area contributed by atoms with E-state index in [4.69, 9.17) is 0 Å². The van der Waals surface area contributed by atoms with Gasteiger partial charge in [0, 0.05) is 19.5 Å². The van der Waals surface area contributed by atoms with Crippen molar-refractivity contribution in [2.75, 3.05) is 10.6 Å². The van der Waals surface area contributed by atoms with Gasteiger partial charge in [0.25, 0.3) is 0 Å². The average molecular weight is 466 g/mol. The first kappa shape index (κ1) is 13.5. The third-order valence-electron chi connectivity index (χ3n) is 1.93. The Labute approximate surface area is 131 Å². The molecule has 92 valence electrons. The number of aromatic nitrogens is 2. The van der Waals surface area contributed by atoms with Crippen LogP contribution in [0.5, 0.6) is 0 Å². The summed E-state index contributed by atoms with van der Waals surface area (Å²) in [6.07, 6.45) is 6.61. The van der Waals surface area contributed by atoms with Gasteiger partial charge in [0.2, 0.25) is 0 Å². The second-order valence-corrected chi connectivity index (χ2v) is 5.85. The van der Waals surface area contributed by atoms with E-state index in [2.05, 4.69) is 65.8 Å². The lowest BCUT2D eigenvalue weighted by Gasteiger charge is -2.07. The van der Waals surface area contributed by atoms with Gasteiger partial charge in [-0.15, -0.1) is 0 Å². The topological polar surface area (TPSA) is 66.9 Å². The normalized spacial score (nSPS) is 9.89. The first-order valence-corrected chi connectivity index (χ1v) is 7.08. The lowest BCUT2D eigenvalue weighted by molar-refractivity contribution is 0.262. The molecule has 0 aliphatic carbocycles. The van der Waals surface area contributed by atoms with Gasteiger partial charge in [0.15, 0.2) is 0 Å². The highest BCUT2D eigenvalue weighted by Crippen LogP contribution is 2.13. The van der Waals surface area contributed by atoms with E-state index < -0.39 is 0 Å². The number of amides is 2. The molecule has 2 N–H and O–H groups in total. The zero-order valence-corrected chi connectivity index (χ0v) is 13.3. The fourth-order valence-electron chi connectivity index (χ4n) is 1.25. The molecule has 2 aromatic rings. The van der Waals surface area contributed by atoms with Gasteiger partial charge in [0.05, 0.1) is 23.8 Å². The van der Waals surface area contributed by atoms with Gasteiger partial charge in [-0.1, -0.05) is 0 Å². The predicted molar refractivity (Wildman–Crippen MR) is 86.5 cm³/mol. The van der Waals surface area contributed by atoms with Crippen LogP contribution in [0.3, 0.4) is 0 Å². The van der Waals surface area contributed by atoms with Crippen molar-refractivity contribution in [2.24, 2.45) is 0 Å². The van der Waals surface area contributed by atoms with Crippen LogP contribution in [0.15, 0.2) is 36.9 Å². The van der Waals surface area contributed by atoms with E-state index in [0.29, 0.717) is 11.4 Å². The second-order valence-electron chi connectivity index (χ2n) is 3.36. The van der Waals surface area contributed by atoms with Gasteiger partial charge >= 0.3 is 6.03 Å². The molecule has 0 spiro atoms. The Kier molecular flexibility index (Phi) is 4.69. The molecule has 0 bridgehead atoms. The smallest absolute Gasteiger partial charge is 0.306 e. The molecular formula is C11H8I2N4O. The number of rotatable bonds is 2. The van der Waals surface area contributed by atoms with Crippen LogP contribution < -0.4 is 10.6 Å². The molecule has 0 aromatic carbocycles. The quantitative estimate of drug-likeness (QED) is 0.668. The molecular weight excluding hydrogens is 458 g/mol. The standard InChI is InChI=1S/C11H8I2N4O/c12-7-1-9(5-14-3-7)16-11(18)17-10-2-8(13)4-15-6-10/h1-6H,(H2,16,17,18). The van der Waals surface area contributed by atoms with E-state index in [-0.39, 0.29) is 6.03 Å². The minimum Gasteiger partial charge on any atom is -0.306 e. The summed E-state index contributed by atoms with van der Waals surface area (Å²) >= 11 is 4.27. The summed E-state index contributed by atoms with van der Waals surface area (Å²) in [6, 6.07) is 3.35. The number of carbonyl (C=O) groups excluding carboxylic acids is 1. The highest BCUT2D eigenvalue weighted by Gasteiger charge is 2.03. The van der Waals surface area contributed by atoms with Crippen molar-refractivity contribution in [1.82, 2.24) is 9.97 Å². The molecule has 0 radical (unpaired) electrons. The maximum atomic E-state index is 11.7. The first-order valence-electron chi connectivity index (χ1n) is 4.92. The number of hydrogen-bond acceptors (Lipinski definition) is 3. The maximum absolute atomic E-state index is 11.7. The molecule has 0 aliphatic heterocycles. The van der Waals surface area contributed by atoms with Crippen LogP contribution in [0.1, 0.15) is 0 Å². The van der Waals surface area contributed by atoms with E-state index in [9.17, 15) is 4.79 Å². The van der Waals surface area contributed by atoms with Crippen LogP contribution in [-0.4, -0.2) is 16.0 Å². The molecule has 7 heteroatoms. The number of urea groups is 1. The highest BCUT2D eigenvalue weighted by molar-refractivity contribution is 14.1. The number of halogens is 2. The minimum absolute atomic E-state index is 0.317. The molecule has 2 amide bonds. The SMILES string of the molecule is O=C(Nc1cncc(I)c1)Nc1cncc(I)c1. The van der Waals surface area contributed by atoms with Crippen LogP contribution in [0.25, 0.3) is 0 Å². The van der Waals surface area contributed by atoms with E-state index >= 15 is 0 Å². The molecule has 0 saturated carbocycles. The van der Waals surface area contributed by atoms with E-state index in [0.717, 1.165) is 7.14 Å². The Morgan fingerprint density at radius 1 is 0.889 bits per heavy atom. The first-order chi connectivity index (χ1) is 8.63. The third kappa shape index (κ3) is 4.05. The Morgan fingerprint density at radius 3 is 1.72 bits per heavy atom. The monoisotopic (exact) mass is 466 g/mol. The molecule has 5 nitrogen and oxygen atoms in total. The zero-order valence-electron chi connectivity index (χ0n) is 9.02. The van der Waals surface area contributed by atoms with Gasteiger partial charge in [-0.3, -0.25) is 9.97 Å². The Hall–Kier alpha value is -0.970. The Morgan fingerprint density at radius 2 is 1.33 bits per heavy atom. The summed E-state index contributed by atoms with van der Waals surface area (Å²) in [7, 11) is 0. The molecule has 0 unspecified atom stereocenters. The summed E-state index contributed by atoms with van der Waals surface area (Å²) < 4.78 is 1.92. The lowest BCUT2D eigenvalue weighted by atomic mass is 10.4. The van der Waals surface area contributed by atoms with Crippen LogP contribution in [0, 0.1) is 7.14 Å². The van der Waals surface area contributed by atoms with Gasteiger partial charge in [-0.2, -0.15) is 0 Å². The molecule has 2 rings (SSSR count). The van der Waals surface area contributed by atoms with Gasteiger partial charge in [0.1, 0.15) is 0 Å². The van der Waals surface area contributed by atoms with Crippen LogP contribution >= 0.6 is 45.2 Å². The summed E-state index contributed by atoms with van der Waals surface area (Å²) in [5, 5.41) is 5.41. The molecule has 0 fully saturated rings. The summed E-state index contributed by atoms with van der Waals surface area (Å²) in [6.45, 7) is 0. The number of hydrogen-bond donors (Lipinski definition) is 2. The van der Waals surface area contributed by atoms with Crippen molar-refractivity contribution in [3.63, 3.8) is 0 Å². The van der Waals surface area contributed by atoms with Crippen molar-refractivity contribution in [3.8, 4) is 0 Å². The molecule has 0 atom stereocenters. The van der Waals surface area contributed by atoms with Crippen molar-refractivity contribution in [3.05, 3.63) is 44.1 Å². The highest BCUT2D eigenvalue weighted by atomic mass is 127. The molecule has 0 saturated heterocycles. The van der Waals surface area contributed by atoms with Crippen LogP contribution in [0.2, 0.25) is 0 Å². The predicted octanol–water partition coefficient (Wildman–Crippen LogP) is 3.33. The van der Waals surface area contributed by atoms with Crippen LogP contribution in [0.4, 0.5) is 16.2 Å². The maximum Gasteiger partial charge on any atom is 0.323 e. The summed E-state index contributed by atoms with van der Waals surface area (Å²) in [5.41, 5.74) is 1.30. The number of pyridine rings is 2. The second kappa shape index (κ2) is 6.27. The van der Waals surface area contributed by atoms with Gasteiger partial charge < -0.3 is 10.6 Å². The number of nitrogens with zero attached hydrogens (tertiary/aromatic N) is 2. The third-order valence-corrected chi connectivity index (χ3v) is 3.11. The van der Waals surface area contributed by atoms with E-state index in [1.807, 2.05) is 12.1 Å². The van der Waals surface area contributed by atoms with E-state index in [1.165, 1.54) is 0 Å². The number of nitrogens with one attached hydrogen (secondary N) is 2. The number of anilines is 2. The van der Waals surface area contributed by atoms with Crippen molar-refractivity contribution >= 4 is 62.6 Å². The van der Waals surface area contributed by atoms with Crippen LogP contribution in [-0.2, 0) is 0 Å². The van der Waals surface area contributed by atoms with E-state index in [1.54, 1.807) is 24.8 Å². The minimum atomic E-state index is -0.317.